The molecule has 4 aromatic rings. The zero-order valence-corrected chi connectivity index (χ0v) is 12.9. The van der Waals surface area contributed by atoms with Gasteiger partial charge in [0.05, 0.1) is 22.8 Å². The molecule has 0 spiro atoms. The highest BCUT2D eigenvalue weighted by Gasteiger charge is 2.07. The lowest BCUT2D eigenvalue weighted by Crippen LogP contribution is -2.13. The van der Waals surface area contributed by atoms with Crippen LogP contribution in [0.3, 0.4) is 0 Å². The van der Waals surface area contributed by atoms with Crippen molar-refractivity contribution in [2.45, 2.75) is 12.8 Å². The molecule has 0 fully saturated rings. The molecule has 0 radical (unpaired) electrons. The number of H-pyrrole nitrogens is 2. The van der Waals surface area contributed by atoms with Gasteiger partial charge in [-0.25, -0.2) is 9.97 Å². The molecule has 3 heterocycles. The summed E-state index contributed by atoms with van der Waals surface area (Å²) in [4.78, 5) is 31.0. The van der Waals surface area contributed by atoms with Crippen LogP contribution in [0.1, 0.15) is 11.6 Å². The number of imidazole rings is 1. The highest BCUT2D eigenvalue weighted by molar-refractivity contribution is 5.75. The van der Waals surface area contributed by atoms with Crippen molar-refractivity contribution in [3.8, 4) is 11.3 Å². The van der Waals surface area contributed by atoms with Gasteiger partial charge in [-0.15, -0.1) is 0 Å². The Hall–Kier alpha value is -3.28. The Morgan fingerprint density at radius 2 is 1.75 bits per heavy atom. The molecule has 0 amide bonds. The number of aryl methyl sites for hydroxylation is 2. The molecule has 118 valence electrons. The van der Waals surface area contributed by atoms with Crippen LogP contribution in [0.25, 0.3) is 22.2 Å². The number of nitrogens with one attached hydrogen (secondary N) is 2. The molecule has 3 aromatic heterocycles. The maximum absolute atomic E-state index is 12.0. The normalized spacial score (nSPS) is 11.0. The van der Waals surface area contributed by atoms with Crippen molar-refractivity contribution in [1.82, 2.24) is 24.9 Å². The zero-order chi connectivity index (χ0) is 16.4. The number of nitrogens with zero attached hydrogens (tertiary/aromatic N) is 3. The van der Waals surface area contributed by atoms with Gasteiger partial charge >= 0.3 is 0 Å². The predicted molar refractivity (Wildman–Crippen MR) is 91.6 cm³/mol. The number of rotatable bonds is 4. The lowest BCUT2D eigenvalue weighted by molar-refractivity contribution is 0.821. The molecule has 6 heteroatoms. The molecule has 0 aliphatic rings. The maximum atomic E-state index is 12.0. The number of pyridine rings is 1. The van der Waals surface area contributed by atoms with E-state index in [1.165, 1.54) is 6.20 Å². The molecule has 0 bridgehead atoms. The second-order valence-corrected chi connectivity index (χ2v) is 5.52. The molecule has 6 nitrogen and oxygen atoms in total. The first kappa shape index (κ1) is 14.3. The molecule has 2 N–H and O–H groups in total. The minimum Gasteiger partial charge on any atom is -0.342 e. The van der Waals surface area contributed by atoms with E-state index in [1.807, 2.05) is 36.5 Å². The van der Waals surface area contributed by atoms with Crippen molar-refractivity contribution in [2.24, 2.45) is 0 Å². The van der Waals surface area contributed by atoms with Crippen LogP contribution in [-0.2, 0) is 12.8 Å². The Kier molecular flexibility index (Phi) is 3.63. The van der Waals surface area contributed by atoms with Crippen LogP contribution >= 0.6 is 0 Å². The fourth-order valence-electron chi connectivity index (χ4n) is 2.64. The van der Waals surface area contributed by atoms with E-state index in [1.54, 1.807) is 12.3 Å². The number of fused-ring (bicyclic) bond motifs is 1. The molecule has 24 heavy (non-hydrogen) atoms. The van der Waals surface area contributed by atoms with Gasteiger partial charge in [0.25, 0.3) is 5.56 Å². The highest BCUT2D eigenvalue weighted by atomic mass is 16.1. The van der Waals surface area contributed by atoms with E-state index >= 15 is 0 Å². The van der Waals surface area contributed by atoms with Crippen molar-refractivity contribution < 1.29 is 0 Å². The highest BCUT2D eigenvalue weighted by Crippen LogP contribution is 2.16. The van der Waals surface area contributed by atoms with E-state index in [2.05, 4.69) is 24.9 Å². The summed E-state index contributed by atoms with van der Waals surface area (Å²) in [6.07, 6.45) is 6.27. The Morgan fingerprint density at radius 1 is 0.917 bits per heavy atom. The third kappa shape index (κ3) is 2.81. The minimum absolute atomic E-state index is 0.160. The van der Waals surface area contributed by atoms with Gasteiger partial charge in [0.1, 0.15) is 11.6 Å². The van der Waals surface area contributed by atoms with Crippen LogP contribution < -0.4 is 5.56 Å². The van der Waals surface area contributed by atoms with Gasteiger partial charge in [-0.2, -0.15) is 0 Å². The van der Waals surface area contributed by atoms with Gasteiger partial charge in [-0.3, -0.25) is 9.78 Å². The van der Waals surface area contributed by atoms with Crippen molar-refractivity contribution >= 4 is 10.9 Å². The fourth-order valence-corrected chi connectivity index (χ4v) is 2.64. The lowest BCUT2D eigenvalue weighted by atomic mass is 10.2. The molecule has 0 atom stereocenters. The Balaban J connectivity index is 1.53. The molecular weight excluding hydrogens is 302 g/mol. The van der Waals surface area contributed by atoms with E-state index in [4.69, 9.17) is 0 Å². The van der Waals surface area contributed by atoms with E-state index in [-0.39, 0.29) is 5.56 Å². The van der Waals surface area contributed by atoms with Crippen LogP contribution in [0.4, 0.5) is 0 Å². The van der Waals surface area contributed by atoms with E-state index in [9.17, 15) is 4.79 Å². The Morgan fingerprint density at radius 3 is 2.62 bits per heavy atom. The van der Waals surface area contributed by atoms with Gasteiger partial charge in [-0.1, -0.05) is 30.3 Å². The summed E-state index contributed by atoms with van der Waals surface area (Å²) >= 11 is 0. The van der Waals surface area contributed by atoms with Gasteiger partial charge < -0.3 is 9.97 Å². The number of aromatic nitrogens is 5. The third-order valence-corrected chi connectivity index (χ3v) is 3.87. The average molecular weight is 317 g/mol. The van der Waals surface area contributed by atoms with Gasteiger partial charge in [0, 0.05) is 25.2 Å². The van der Waals surface area contributed by atoms with Crippen LogP contribution in [0.15, 0.2) is 59.8 Å². The topological polar surface area (TPSA) is 87.3 Å². The summed E-state index contributed by atoms with van der Waals surface area (Å²) in [5, 5.41) is 0.505. The molecular formula is C18H15N5O. The van der Waals surface area contributed by atoms with Crippen molar-refractivity contribution in [1.29, 1.82) is 0 Å². The first-order valence-corrected chi connectivity index (χ1v) is 7.72. The van der Waals surface area contributed by atoms with Crippen LogP contribution in [0.2, 0.25) is 0 Å². The Bertz CT molecular complexity index is 1040. The quantitative estimate of drug-likeness (QED) is 0.605. The molecule has 0 saturated carbocycles. The first-order valence-electron chi connectivity index (χ1n) is 7.72. The smallest absolute Gasteiger partial charge is 0.260 e. The maximum Gasteiger partial charge on any atom is 0.260 e. The standard InChI is InChI=1S/C18H15N5O/c24-18-13-10-19-9-8-14(13)21-17(23-18)7-6-16-20-11-15(22-16)12-4-2-1-3-5-12/h1-5,8-11H,6-7H2,(H,20,22)(H,21,23,24). The van der Waals surface area contributed by atoms with Crippen LogP contribution in [-0.4, -0.2) is 24.9 Å². The predicted octanol–water partition coefficient (Wildman–Crippen LogP) is 2.49. The summed E-state index contributed by atoms with van der Waals surface area (Å²) < 4.78 is 0. The molecule has 4 rings (SSSR count). The number of benzene rings is 1. The van der Waals surface area contributed by atoms with E-state index < -0.39 is 0 Å². The second kappa shape index (κ2) is 6.08. The lowest BCUT2D eigenvalue weighted by Gasteiger charge is -2.01. The fraction of sp³-hybridized carbons (Fsp3) is 0.111. The number of hydrogen-bond acceptors (Lipinski definition) is 4. The average Bonchev–Trinajstić information content (AvgIpc) is 3.10. The number of hydrogen-bond donors (Lipinski definition) is 2. The summed E-state index contributed by atoms with van der Waals surface area (Å²) in [5.74, 6) is 1.52. The van der Waals surface area contributed by atoms with Crippen LogP contribution in [0, 0.1) is 0 Å². The third-order valence-electron chi connectivity index (χ3n) is 3.87. The Labute approximate surface area is 137 Å². The summed E-state index contributed by atoms with van der Waals surface area (Å²) in [5.41, 5.74) is 2.58. The monoisotopic (exact) mass is 317 g/mol. The SMILES string of the molecule is O=c1[nH]c(CCc2ncc(-c3ccccc3)[nH]2)nc2ccncc12. The minimum atomic E-state index is -0.160. The number of aromatic amines is 2. The van der Waals surface area contributed by atoms with Crippen LogP contribution in [0.5, 0.6) is 0 Å². The largest absolute Gasteiger partial charge is 0.342 e. The van der Waals surface area contributed by atoms with Gasteiger partial charge in [0.2, 0.25) is 0 Å². The van der Waals surface area contributed by atoms with Gasteiger partial charge in [-0.05, 0) is 11.6 Å². The van der Waals surface area contributed by atoms with E-state index in [0.29, 0.717) is 29.6 Å². The van der Waals surface area contributed by atoms with Crippen molar-refractivity contribution in [3.05, 3.63) is 77.0 Å². The molecule has 0 saturated heterocycles. The molecule has 1 aromatic carbocycles. The molecule has 0 aliphatic carbocycles. The molecule has 0 aliphatic heterocycles. The second-order valence-electron chi connectivity index (χ2n) is 5.52. The zero-order valence-electron chi connectivity index (χ0n) is 12.9. The molecule has 0 unspecified atom stereocenters. The summed E-state index contributed by atoms with van der Waals surface area (Å²) in [6, 6.07) is 11.8. The summed E-state index contributed by atoms with van der Waals surface area (Å²) in [6.45, 7) is 0. The van der Waals surface area contributed by atoms with Gasteiger partial charge in [0.15, 0.2) is 0 Å². The first-order chi connectivity index (χ1) is 11.8. The summed E-state index contributed by atoms with van der Waals surface area (Å²) in [7, 11) is 0. The van der Waals surface area contributed by atoms with Crippen molar-refractivity contribution in [2.75, 3.05) is 0 Å². The van der Waals surface area contributed by atoms with E-state index in [0.717, 1.165) is 17.1 Å². The van der Waals surface area contributed by atoms with Crippen molar-refractivity contribution in [3.63, 3.8) is 0 Å².